The Morgan fingerprint density at radius 1 is 1.19 bits per heavy atom. The van der Waals surface area contributed by atoms with Crippen molar-refractivity contribution in [1.82, 2.24) is 0 Å². The van der Waals surface area contributed by atoms with E-state index in [0.29, 0.717) is 3.57 Å². The molecule has 0 heterocycles. The average Bonchev–Trinajstić information content (AvgIpc) is 2.37. The Morgan fingerprint density at radius 2 is 1.86 bits per heavy atom. The summed E-state index contributed by atoms with van der Waals surface area (Å²) in [5, 5.41) is 0. The average molecular weight is 489 g/mol. The van der Waals surface area contributed by atoms with Gasteiger partial charge < -0.3 is 5.73 Å². The monoisotopic (exact) mass is 488 g/mol. The van der Waals surface area contributed by atoms with Crippen molar-refractivity contribution in [2.45, 2.75) is 4.90 Å². The molecule has 3 N–H and O–H groups in total. The molecule has 0 saturated heterocycles. The van der Waals surface area contributed by atoms with Crippen LogP contribution in [0.4, 0.5) is 20.2 Å². The van der Waals surface area contributed by atoms with Crippen LogP contribution in [-0.4, -0.2) is 8.42 Å². The van der Waals surface area contributed by atoms with Crippen LogP contribution in [-0.2, 0) is 10.0 Å². The van der Waals surface area contributed by atoms with Crippen LogP contribution in [0.5, 0.6) is 0 Å². The number of nitrogens with one attached hydrogen (secondary N) is 1. The number of benzene rings is 2. The minimum Gasteiger partial charge on any atom is -0.399 e. The van der Waals surface area contributed by atoms with Crippen molar-refractivity contribution in [3.63, 3.8) is 0 Å². The van der Waals surface area contributed by atoms with Crippen molar-refractivity contribution in [1.29, 1.82) is 0 Å². The fraction of sp³-hybridized carbons (Fsp3) is 0. The summed E-state index contributed by atoms with van der Waals surface area (Å²) in [7, 11) is -4.19. The first kappa shape index (κ1) is 16.4. The molecule has 2 rings (SSSR count). The molecule has 112 valence electrons. The first-order chi connectivity index (χ1) is 9.70. The Hall–Kier alpha value is -0.940. The van der Waals surface area contributed by atoms with E-state index in [1.165, 1.54) is 12.1 Å². The van der Waals surface area contributed by atoms with E-state index >= 15 is 0 Å². The molecule has 0 spiro atoms. The van der Waals surface area contributed by atoms with Gasteiger partial charge in [-0.15, -0.1) is 0 Å². The zero-order valence-corrected chi connectivity index (χ0v) is 14.8. The lowest BCUT2D eigenvalue weighted by Crippen LogP contribution is -2.16. The van der Waals surface area contributed by atoms with Crippen molar-refractivity contribution >= 4 is 59.9 Å². The van der Waals surface area contributed by atoms with Crippen LogP contribution in [0.15, 0.2) is 39.7 Å². The molecule has 0 bridgehead atoms. The standard InChI is InChI=1S/C12H8BrF2IN2O2S/c13-8-4-7(17)5-11(12(8)15)21(19,20)18-10-2-1-6(14)3-9(10)16/h1-5,18H,17H2. The summed E-state index contributed by atoms with van der Waals surface area (Å²) in [4.78, 5) is -0.588. The molecular weight excluding hydrogens is 481 g/mol. The number of sulfonamides is 1. The predicted molar refractivity (Wildman–Crippen MR) is 88.4 cm³/mol. The minimum atomic E-state index is -4.19. The molecule has 0 aliphatic carbocycles. The van der Waals surface area contributed by atoms with Gasteiger partial charge in [-0.25, -0.2) is 17.2 Å². The lowest BCUT2D eigenvalue weighted by molar-refractivity contribution is 0.566. The molecule has 0 aliphatic rings. The van der Waals surface area contributed by atoms with Gasteiger partial charge in [0.2, 0.25) is 0 Å². The van der Waals surface area contributed by atoms with E-state index < -0.39 is 26.6 Å². The summed E-state index contributed by atoms with van der Waals surface area (Å²) in [5.74, 6) is -1.45. The van der Waals surface area contributed by atoms with E-state index in [4.69, 9.17) is 5.73 Å². The van der Waals surface area contributed by atoms with Gasteiger partial charge in [0.1, 0.15) is 10.7 Å². The predicted octanol–water partition coefficient (Wildman–Crippen LogP) is 3.71. The topological polar surface area (TPSA) is 72.2 Å². The van der Waals surface area contributed by atoms with Crippen molar-refractivity contribution in [2.24, 2.45) is 0 Å². The van der Waals surface area contributed by atoms with Crippen LogP contribution in [0.2, 0.25) is 0 Å². The molecule has 0 aromatic heterocycles. The van der Waals surface area contributed by atoms with E-state index in [2.05, 4.69) is 20.7 Å². The van der Waals surface area contributed by atoms with Gasteiger partial charge in [0.25, 0.3) is 10.0 Å². The quantitative estimate of drug-likeness (QED) is 0.511. The highest BCUT2D eigenvalue weighted by Crippen LogP contribution is 2.28. The summed E-state index contributed by atoms with van der Waals surface area (Å²) in [6.07, 6.45) is 0. The van der Waals surface area contributed by atoms with Gasteiger partial charge in [0, 0.05) is 9.26 Å². The molecule has 2 aromatic rings. The number of nitrogens with two attached hydrogens (primary N) is 1. The zero-order chi connectivity index (χ0) is 15.8. The first-order valence-corrected chi connectivity index (χ1v) is 8.78. The second-order valence-corrected chi connectivity index (χ2v) is 7.71. The maximum atomic E-state index is 14.0. The Bertz CT molecular complexity index is 815. The summed E-state index contributed by atoms with van der Waals surface area (Å²) >= 11 is 4.67. The normalized spacial score (nSPS) is 11.4. The van der Waals surface area contributed by atoms with Crippen molar-refractivity contribution in [2.75, 3.05) is 10.5 Å². The summed E-state index contributed by atoms with van der Waals surface area (Å²) < 4.78 is 53.9. The van der Waals surface area contributed by atoms with Gasteiger partial charge in [-0.05, 0) is 68.9 Å². The molecule has 0 atom stereocenters. The largest absolute Gasteiger partial charge is 0.399 e. The van der Waals surface area contributed by atoms with Crippen LogP contribution >= 0.6 is 38.5 Å². The van der Waals surface area contributed by atoms with Crippen LogP contribution in [0.3, 0.4) is 0 Å². The molecule has 9 heteroatoms. The van der Waals surface area contributed by atoms with Crippen molar-refractivity contribution < 1.29 is 17.2 Å². The maximum absolute atomic E-state index is 14.0. The third-order valence-corrected chi connectivity index (χ3v) is 5.32. The zero-order valence-electron chi connectivity index (χ0n) is 10.2. The van der Waals surface area contributed by atoms with E-state index in [1.54, 1.807) is 22.6 Å². The SMILES string of the molecule is Nc1cc(Br)c(F)c(S(=O)(=O)Nc2ccc(F)cc2I)c1. The molecule has 2 aromatic carbocycles. The van der Waals surface area contributed by atoms with Gasteiger partial charge in [0.15, 0.2) is 5.82 Å². The van der Waals surface area contributed by atoms with Gasteiger partial charge in [0.05, 0.1) is 10.2 Å². The Labute approximate surface area is 142 Å². The van der Waals surface area contributed by atoms with E-state index in [1.807, 2.05) is 0 Å². The smallest absolute Gasteiger partial charge is 0.264 e. The van der Waals surface area contributed by atoms with E-state index in [0.717, 1.165) is 18.2 Å². The van der Waals surface area contributed by atoms with Gasteiger partial charge >= 0.3 is 0 Å². The van der Waals surface area contributed by atoms with Crippen LogP contribution in [0, 0.1) is 15.2 Å². The second-order valence-electron chi connectivity index (χ2n) is 4.04. The van der Waals surface area contributed by atoms with Gasteiger partial charge in [-0.3, -0.25) is 4.72 Å². The van der Waals surface area contributed by atoms with Crippen LogP contribution < -0.4 is 10.5 Å². The number of rotatable bonds is 3. The number of hydrogen-bond donors (Lipinski definition) is 2. The highest BCUT2D eigenvalue weighted by Gasteiger charge is 2.22. The third kappa shape index (κ3) is 3.64. The number of nitrogen functional groups attached to an aromatic ring is 1. The molecule has 21 heavy (non-hydrogen) atoms. The summed E-state index contributed by atoms with van der Waals surface area (Å²) in [6.45, 7) is 0. The molecule has 4 nitrogen and oxygen atoms in total. The second kappa shape index (κ2) is 6.05. The highest BCUT2D eigenvalue weighted by atomic mass is 127. The molecule has 0 fully saturated rings. The van der Waals surface area contributed by atoms with Gasteiger partial charge in [-0.1, -0.05) is 0 Å². The first-order valence-electron chi connectivity index (χ1n) is 5.43. The van der Waals surface area contributed by atoms with Crippen LogP contribution in [0.25, 0.3) is 0 Å². The highest BCUT2D eigenvalue weighted by molar-refractivity contribution is 14.1. The fourth-order valence-corrected chi connectivity index (χ4v) is 4.17. The lowest BCUT2D eigenvalue weighted by atomic mass is 10.3. The Morgan fingerprint density at radius 3 is 2.48 bits per heavy atom. The number of anilines is 2. The minimum absolute atomic E-state index is 0.0586. The number of hydrogen-bond acceptors (Lipinski definition) is 3. The van der Waals surface area contributed by atoms with E-state index in [9.17, 15) is 17.2 Å². The third-order valence-electron chi connectivity index (χ3n) is 2.48. The molecule has 0 unspecified atom stereocenters. The van der Waals surface area contributed by atoms with Gasteiger partial charge in [-0.2, -0.15) is 0 Å². The molecule has 0 saturated carbocycles. The van der Waals surface area contributed by atoms with E-state index in [-0.39, 0.29) is 15.8 Å². The fourth-order valence-electron chi connectivity index (χ4n) is 1.55. The summed E-state index contributed by atoms with van der Waals surface area (Å²) in [6, 6.07) is 5.79. The van der Waals surface area contributed by atoms with Crippen molar-refractivity contribution in [3.8, 4) is 0 Å². The Kier molecular flexibility index (Phi) is 4.73. The summed E-state index contributed by atoms with van der Waals surface area (Å²) in [5.41, 5.74) is 5.77. The Balaban J connectivity index is 2.48. The molecule has 0 amide bonds. The lowest BCUT2D eigenvalue weighted by Gasteiger charge is -2.12. The molecular formula is C12H8BrF2IN2O2S. The van der Waals surface area contributed by atoms with Crippen LogP contribution in [0.1, 0.15) is 0 Å². The van der Waals surface area contributed by atoms with Crippen molar-refractivity contribution in [3.05, 3.63) is 50.0 Å². The molecule has 0 aliphatic heterocycles. The molecule has 0 radical (unpaired) electrons. The number of halogens is 4. The maximum Gasteiger partial charge on any atom is 0.264 e.